The molecular weight excluding hydrogens is 272 g/mol. The largest absolute Gasteiger partial charge is 0.383 e. The summed E-state index contributed by atoms with van der Waals surface area (Å²) in [6.45, 7) is 4.06. The van der Waals surface area contributed by atoms with Gasteiger partial charge >= 0.3 is 0 Å². The van der Waals surface area contributed by atoms with Gasteiger partial charge in [-0.3, -0.25) is 4.79 Å². The molecule has 0 fully saturated rings. The van der Waals surface area contributed by atoms with Crippen molar-refractivity contribution in [3.8, 4) is 0 Å². The standard InChI is InChI=1S/C15H20N2O2S/c1-3-13-5-6-14(20-13)10-16-12-4-7-15(18)17(11-12)8-9-19-2/h4-7,11,16H,3,8-10H2,1-2H3. The normalized spacial score (nSPS) is 10.7. The van der Waals surface area contributed by atoms with E-state index >= 15 is 0 Å². The lowest BCUT2D eigenvalue weighted by Gasteiger charge is -2.09. The number of hydrogen-bond donors (Lipinski definition) is 1. The first-order chi connectivity index (χ1) is 9.72. The number of anilines is 1. The Kier molecular flexibility index (Phi) is 5.38. The van der Waals surface area contributed by atoms with Crippen LogP contribution in [0, 0.1) is 0 Å². The van der Waals surface area contributed by atoms with E-state index in [1.807, 2.05) is 23.6 Å². The summed E-state index contributed by atoms with van der Waals surface area (Å²) in [6.07, 6.45) is 2.92. The van der Waals surface area contributed by atoms with Crippen molar-refractivity contribution in [1.29, 1.82) is 0 Å². The van der Waals surface area contributed by atoms with Crippen LogP contribution < -0.4 is 10.9 Å². The number of rotatable bonds is 7. The molecule has 0 aliphatic rings. The van der Waals surface area contributed by atoms with Crippen molar-refractivity contribution in [2.45, 2.75) is 26.4 Å². The third-order valence-corrected chi connectivity index (χ3v) is 4.28. The fourth-order valence-corrected chi connectivity index (χ4v) is 2.79. The number of nitrogens with zero attached hydrogens (tertiary/aromatic N) is 1. The van der Waals surface area contributed by atoms with E-state index < -0.39 is 0 Å². The van der Waals surface area contributed by atoms with E-state index in [2.05, 4.69) is 24.4 Å². The molecule has 0 atom stereocenters. The van der Waals surface area contributed by atoms with Crippen LogP contribution in [-0.2, 0) is 24.2 Å². The molecule has 0 aliphatic heterocycles. The van der Waals surface area contributed by atoms with Gasteiger partial charge in [-0.25, -0.2) is 0 Å². The molecule has 0 saturated carbocycles. The molecule has 0 radical (unpaired) electrons. The van der Waals surface area contributed by atoms with Gasteiger partial charge in [-0.15, -0.1) is 11.3 Å². The highest BCUT2D eigenvalue weighted by atomic mass is 32.1. The number of methoxy groups -OCH3 is 1. The third kappa shape index (κ3) is 3.95. The molecule has 108 valence electrons. The Morgan fingerprint density at radius 1 is 1.25 bits per heavy atom. The first kappa shape index (κ1) is 14.8. The molecule has 0 aliphatic carbocycles. The Labute approximate surface area is 123 Å². The minimum Gasteiger partial charge on any atom is -0.383 e. The van der Waals surface area contributed by atoms with Crippen molar-refractivity contribution in [3.05, 3.63) is 50.6 Å². The molecule has 2 aromatic rings. The lowest BCUT2D eigenvalue weighted by atomic mass is 10.3. The SMILES string of the molecule is CCc1ccc(CNc2ccc(=O)n(CCOC)c2)s1. The van der Waals surface area contributed by atoms with Gasteiger partial charge in [0, 0.05) is 42.2 Å². The van der Waals surface area contributed by atoms with Gasteiger partial charge in [-0.1, -0.05) is 6.92 Å². The molecule has 2 rings (SSSR count). The topological polar surface area (TPSA) is 43.3 Å². The van der Waals surface area contributed by atoms with E-state index in [0.29, 0.717) is 13.2 Å². The summed E-state index contributed by atoms with van der Waals surface area (Å²) in [5.74, 6) is 0. The summed E-state index contributed by atoms with van der Waals surface area (Å²) in [5, 5.41) is 3.35. The zero-order chi connectivity index (χ0) is 14.4. The van der Waals surface area contributed by atoms with Crippen LogP contribution in [0.15, 0.2) is 35.3 Å². The molecule has 2 heterocycles. The van der Waals surface area contributed by atoms with Gasteiger partial charge in [0.15, 0.2) is 0 Å². The Morgan fingerprint density at radius 2 is 2.05 bits per heavy atom. The smallest absolute Gasteiger partial charge is 0.250 e. The number of aromatic nitrogens is 1. The lowest BCUT2D eigenvalue weighted by Crippen LogP contribution is -2.21. The number of thiophene rings is 1. The predicted molar refractivity (Wildman–Crippen MR) is 83.6 cm³/mol. The van der Waals surface area contributed by atoms with Crippen LogP contribution in [0.1, 0.15) is 16.7 Å². The van der Waals surface area contributed by atoms with Gasteiger partial charge in [-0.2, -0.15) is 0 Å². The van der Waals surface area contributed by atoms with Crippen LogP contribution in [0.25, 0.3) is 0 Å². The highest BCUT2D eigenvalue weighted by Gasteiger charge is 2.01. The van der Waals surface area contributed by atoms with Gasteiger partial charge in [-0.05, 0) is 24.6 Å². The number of aryl methyl sites for hydroxylation is 1. The summed E-state index contributed by atoms with van der Waals surface area (Å²) in [7, 11) is 1.63. The molecule has 20 heavy (non-hydrogen) atoms. The Morgan fingerprint density at radius 3 is 2.75 bits per heavy atom. The second-order valence-electron chi connectivity index (χ2n) is 4.52. The number of nitrogens with one attached hydrogen (secondary N) is 1. The molecule has 1 N–H and O–H groups in total. The fraction of sp³-hybridized carbons (Fsp3) is 0.400. The molecule has 0 amide bonds. The van der Waals surface area contributed by atoms with E-state index in [4.69, 9.17) is 4.74 Å². The van der Waals surface area contributed by atoms with Gasteiger partial charge in [0.1, 0.15) is 0 Å². The minimum absolute atomic E-state index is 0.00278. The molecular formula is C15H20N2O2S. The molecule has 5 heteroatoms. The Bertz CT molecular complexity index is 604. The molecule has 0 aromatic carbocycles. The van der Waals surface area contributed by atoms with E-state index in [0.717, 1.165) is 18.7 Å². The van der Waals surface area contributed by atoms with Crippen LogP contribution in [0.2, 0.25) is 0 Å². The highest BCUT2D eigenvalue weighted by Crippen LogP contribution is 2.18. The molecule has 0 saturated heterocycles. The number of pyridine rings is 1. The third-order valence-electron chi connectivity index (χ3n) is 3.05. The maximum Gasteiger partial charge on any atom is 0.250 e. The van der Waals surface area contributed by atoms with E-state index in [1.165, 1.54) is 9.75 Å². The van der Waals surface area contributed by atoms with Crippen LogP contribution >= 0.6 is 11.3 Å². The molecule has 0 unspecified atom stereocenters. The first-order valence-corrected chi connectivity index (χ1v) is 7.55. The summed E-state index contributed by atoms with van der Waals surface area (Å²) in [5.41, 5.74) is 0.948. The van der Waals surface area contributed by atoms with Crippen LogP contribution in [0.5, 0.6) is 0 Å². The van der Waals surface area contributed by atoms with Crippen molar-refractivity contribution in [2.75, 3.05) is 19.0 Å². The average Bonchev–Trinajstić information content (AvgIpc) is 2.93. The maximum absolute atomic E-state index is 11.7. The molecule has 0 bridgehead atoms. The Hall–Kier alpha value is -1.59. The van der Waals surface area contributed by atoms with Crippen molar-refractivity contribution in [3.63, 3.8) is 0 Å². The summed E-state index contributed by atoms with van der Waals surface area (Å²) in [6, 6.07) is 7.72. The highest BCUT2D eigenvalue weighted by molar-refractivity contribution is 7.12. The van der Waals surface area contributed by atoms with Gasteiger partial charge in [0.05, 0.1) is 12.3 Å². The average molecular weight is 292 g/mol. The second kappa shape index (κ2) is 7.26. The molecule has 2 aromatic heterocycles. The quantitative estimate of drug-likeness (QED) is 0.853. The minimum atomic E-state index is -0.00278. The zero-order valence-corrected chi connectivity index (χ0v) is 12.7. The second-order valence-corrected chi connectivity index (χ2v) is 5.77. The van der Waals surface area contributed by atoms with E-state index in [-0.39, 0.29) is 5.56 Å². The zero-order valence-electron chi connectivity index (χ0n) is 11.9. The van der Waals surface area contributed by atoms with Gasteiger partial charge < -0.3 is 14.6 Å². The number of hydrogen-bond acceptors (Lipinski definition) is 4. The summed E-state index contributed by atoms with van der Waals surface area (Å²) >= 11 is 1.82. The predicted octanol–water partition coefficient (Wildman–Crippen LogP) is 2.73. The Balaban J connectivity index is 2.00. The molecule has 4 nitrogen and oxygen atoms in total. The molecule has 0 spiro atoms. The van der Waals surface area contributed by atoms with E-state index in [1.54, 1.807) is 17.7 Å². The van der Waals surface area contributed by atoms with Crippen LogP contribution in [0.3, 0.4) is 0 Å². The lowest BCUT2D eigenvalue weighted by molar-refractivity contribution is 0.186. The summed E-state index contributed by atoms with van der Waals surface area (Å²) in [4.78, 5) is 14.4. The van der Waals surface area contributed by atoms with Crippen molar-refractivity contribution in [2.24, 2.45) is 0 Å². The van der Waals surface area contributed by atoms with Crippen molar-refractivity contribution < 1.29 is 4.74 Å². The number of ether oxygens (including phenoxy) is 1. The first-order valence-electron chi connectivity index (χ1n) is 6.74. The van der Waals surface area contributed by atoms with Gasteiger partial charge in [0.2, 0.25) is 0 Å². The van der Waals surface area contributed by atoms with Crippen molar-refractivity contribution in [1.82, 2.24) is 4.57 Å². The monoisotopic (exact) mass is 292 g/mol. The fourth-order valence-electron chi connectivity index (χ4n) is 1.90. The maximum atomic E-state index is 11.7. The van der Waals surface area contributed by atoms with Crippen molar-refractivity contribution >= 4 is 17.0 Å². The van der Waals surface area contributed by atoms with E-state index in [9.17, 15) is 4.79 Å². The van der Waals surface area contributed by atoms with Crippen LogP contribution in [-0.4, -0.2) is 18.3 Å². The summed E-state index contributed by atoms with van der Waals surface area (Å²) < 4.78 is 6.67. The van der Waals surface area contributed by atoms with Gasteiger partial charge in [0.25, 0.3) is 5.56 Å². The van der Waals surface area contributed by atoms with Crippen LogP contribution in [0.4, 0.5) is 5.69 Å².